The van der Waals surface area contributed by atoms with Gasteiger partial charge in [0.15, 0.2) is 0 Å². The second-order valence-corrected chi connectivity index (χ2v) is 5.85. The third kappa shape index (κ3) is 5.96. The van der Waals surface area contributed by atoms with Gasteiger partial charge in [0.2, 0.25) is 0 Å². The van der Waals surface area contributed by atoms with Crippen LogP contribution in [0.1, 0.15) is 62.7 Å². The van der Waals surface area contributed by atoms with Crippen LogP contribution in [0.5, 0.6) is 0 Å². The normalized spacial score (nSPS) is 10.6. The van der Waals surface area contributed by atoms with Gasteiger partial charge in [-0.1, -0.05) is 51.1 Å². The maximum absolute atomic E-state index is 12.6. The van der Waals surface area contributed by atoms with Crippen LogP contribution in [0.3, 0.4) is 0 Å². The number of nitrogens with zero attached hydrogens (tertiary/aromatic N) is 1. The minimum atomic E-state index is 0.0594. The minimum Gasteiger partial charge on any atom is -0.398 e. The maximum atomic E-state index is 12.6. The molecule has 1 aromatic carbocycles. The predicted octanol–water partition coefficient (Wildman–Crippen LogP) is 4.74. The van der Waals surface area contributed by atoms with Gasteiger partial charge in [-0.15, -0.1) is 0 Å². The van der Waals surface area contributed by atoms with Gasteiger partial charge in [0.1, 0.15) is 0 Å². The Morgan fingerprint density at radius 2 is 1.67 bits per heavy atom. The highest BCUT2D eigenvalue weighted by molar-refractivity contribution is 6.33. The van der Waals surface area contributed by atoms with Crippen molar-refractivity contribution in [1.29, 1.82) is 0 Å². The number of nitrogen functional groups attached to an aromatic ring is 1. The molecule has 0 aliphatic heterocycles. The summed E-state index contributed by atoms with van der Waals surface area (Å²) in [7, 11) is 0. The highest BCUT2D eigenvalue weighted by Gasteiger charge is 2.15. The number of hydrogen-bond donors (Lipinski definition) is 1. The summed E-state index contributed by atoms with van der Waals surface area (Å²) in [5, 5.41) is 0.447. The van der Waals surface area contributed by atoms with Crippen molar-refractivity contribution < 1.29 is 4.79 Å². The number of carbonyl (C=O) groups excluding carboxylic acids is 1. The van der Waals surface area contributed by atoms with Gasteiger partial charge in [-0.25, -0.2) is 0 Å². The van der Waals surface area contributed by atoms with Crippen molar-refractivity contribution in [3.63, 3.8) is 0 Å². The molecule has 0 spiro atoms. The SMILES string of the molecule is CCCCCN(CCCCC)C(=O)c1ccc(N)c(Cl)c1. The van der Waals surface area contributed by atoms with Crippen LogP contribution in [0, 0.1) is 0 Å². The number of benzene rings is 1. The molecular weight excluding hydrogens is 284 g/mol. The van der Waals surface area contributed by atoms with E-state index in [9.17, 15) is 4.79 Å². The van der Waals surface area contributed by atoms with Gasteiger partial charge >= 0.3 is 0 Å². The molecule has 4 heteroatoms. The predicted molar refractivity (Wildman–Crippen MR) is 90.8 cm³/mol. The van der Waals surface area contributed by atoms with Crippen LogP contribution in [-0.2, 0) is 0 Å². The molecule has 0 aliphatic carbocycles. The molecule has 0 aromatic heterocycles. The number of halogens is 1. The second kappa shape index (κ2) is 9.67. The first-order chi connectivity index (χ1) is 10.1. The second-order valence-electron chi connectivity index (χ2n) is 5.44. The highest BCUT2D eigenvalue weighted by Crippen LogP contribution is 2.21. The number of nitrogens with two attached hydrogens (primary N) is 1. The average Bonchev–Trinajstić information content (AvgIpc) is 2.48. The number of hydrogen-bond acceptors (Lipinski definition) is 2. The minimum absolute atomic E-state index is 0.0594. The van der Waals surface area contributed by atoms with Crippen LogP contribution >= 0.6 is 11.6 Å². The smallest absolute Gasteiger partial charge is 0.253 e. The first kappa shape index (κ1) is 17.8. The van der Waals surface area contributed by atoms with Crippen LogP contribution < -0.4 is 5.73 Å². The topological polar surface area (TPSA) is 46.3 Å². The van der Waals surface area contributed by atoms with E-state index in [4.69, 9.17) is 17.3 Å². The summed E-state index contributed by atoms with van der Waals surface area (Å²) in [5.41, 5.74) is 6.84. The third-order valence-electron chi connectivity index (χ3n) is 3.60. The number of amides is 1. The fourth-order valence-electron chi connectivity index (χ4n) is 2.26. The Labute approximate surface area is 133 Å². The molecule has 0 aliphatic rings. The molecule has 0 fully saturated rings. The molecule has 0 atom stereocenters. The Morgan fingerprint density at radius 3 is 2.14 bits per heavy atom. The molecule has 2 N–H and O–H groups in total. The van der Waals surface area contributed by atoms with Gasteiger partial charge in [-0.3, -0.25) is 4.79 Å². The van der Waals surface area contributed by atoms with Crippen LogP contribution in [0.4, 0.5) is 5.69 Å². The van der Waals surface area contributed by atoms with E-state index in [-0.39, 0.29) is 5.91 Å². The summed E-state index contributed by atoms with van der Waals surface area (Å²) in [5.74, 6) is 0.0594. The lowest BCUT2D eigenvalue weighted by Crippen LogP contribution is -2.33. The molecule has 1 amide bonds. The zero-order valence-electron chi connectivity index (χ0n) is 13.2. The van der Waals surface area contributed by atoms with Crippen molar-refractivity contribution in [2.75, 3.05) is 18.8 Å². The van der Waals surface area contributed by atoms with E-state index in [0.29, 0.717) is 16.3 Å². The van der Waals surface area contributed by atoms with Crippen molar-refractivity contribution in [3.05, 3.63) is 28.8 Å². The molecule has 0 radical (unpaired) electrons. The molecule has 118 valence electrons. The lowest BCUT2D eigenvalue weighted by atomic mass is 10.1. The number of rotatable bonds is 9. The quantitative estimate of drug-likeness (QED) is 0.528. The summed E-state index contributed by atoms with van der Waals surface area (Å²) >= 11 is 6.02. The highest BCUT2D eigenvalue weighted by atomic mass is 35.5. The molecule has 0 unspecified atom stereocenters. The standard InChI is InChI=1S/C17H27ClN2O/c1-3-5-7-11-20(12-8-6-4-2)17(21)14-9-10-16(19)15(18)13-14/h9-10,13H,3-8,11-12,19H2,1-2H3. The van der Waals surface area contributed by atoms with Gasteiger partial charge in [0, 0.05) is 18.7 Å². The molecule has 1 rings (SSSR count). The molecule has 0 bridgehead atoms. The summed E-state index contributed by atoms with van der Waals surface area (Å²) in [6.07, 6.45) is 6.73. The van der Waals surface area contributed by atoms with E-state index < -0.39 is 0 Å². The maximum Gasteiger partial charge on any atom is 0.253 e. The number of anilines is 1. The Hall–Kier alpha value is -1.22. The zero-order valence-corrected chi connectivity index (χ0v) is 14.0. The van der Waals surface area contributed by atoms with Crippen molar-refractivity contribution >= 4 is 23.2 Å². The molecule has 21 heavy (non-hydrogen) atoms. The van der Waals surface area contributed by atoms with Crippen molar-refractivity contribution in [2.24, 2.45) is 0 Å². The molecule has 0 heterocycles. The zero-order chi connectivity index (χ0) is 15.7. The molecule has 0 saturated carbocycles. The molecule has 0 saturated heterocycles. The number of unbranched alkanes of at least 4 members (excludes halogenated alkanes) is 4. The Bertz CT molecular complexity index is 438. The largest absolute Gasteiger partial charge is 0.398 e. The average molecular weight is 311 g/mol. The summed E-state index contributed by atoms with van der Waals surface area (Å²) in [6, 6.07) is 5.13. The Kier molecular flexibility index (Phi) is 8.21. The Balaban J connectivity index is 2.73. The molecular formula is C17H27ClN2O. The van der Waals surface area contributed by atoms with Gasteiger partial charge in [0.25, 0.3) is 5.91 Å². The van der Waals surface area contributed by atoms with E-state index in [0.717, 1.165) is 51.6 Å². The van der Waals surface area contributed by atoms with Gasteiger partial charge in [0.05, 0.1) is 10.7 Å². The summed E-state index contributed by atoms with van der Waals surface area (Å²) < 4.78 is 0. The van der Waals surface area contributed by atoms with E-state index in [1.807, 2.05) is 4.90 Å². The molecule has 3 nitrogen and oxygen atoms in total. The van der Waals surface area contributed by atoms with Gasteiger partial charge in [-0.05, 0) is 31.0 Å². The van der Waals surface area contributed by atoms with E-state index >= 15 is 0 Å². The van der Waals surface area contributed by atoms with E-state index in [1.54, 1.807) is 18.2 Å². The first-order valence-electron chi connectivity index (χ1n) is 7.94. The van der Waals surface area contributed by atoms with Crippen LogP contribution in [0.25, 0.3) is 0 Å². The first-order valence-corrected chi connectivity index (χ1v) is 8.32. The molecule has 1 aromatic rings. The van der Waals surface area contributed by atoms with Crippen LogP contribution in [-0.4, -0.2) is 23.9 Å². The van der Waals surface area contributed by atoms with E-state index in [1.165, 1.54) is 0 Å². The fourth-order valence-corrected chi connectivity index (χ4v) is 2.44. The van der Waals surface area contributed by atoms with E-state index in [2.05, 4.69) is 13.8 Å². The third-order valence-corrected chi connectivity index (χ3v) is 3.93. The Morgan fingerprint density at radius 1 is 1.10 bits per heavy atom. The number of carbonyl (C=O) groups is 1. The van der Waals surface area contributed by atoms with Crippen LogP contribution in [0.2, 0.25) is 5.02 Å². The monoisotopic (exact) mass is 310 g/mol. The summed E-state index contributed by atoms with van der Waals surface area (Å²) in [4.78, 5) is 14.6. The fraction of sp³-hybridized carbons (Fsp3) is 0.588. The lowest BCUT2D eigenvalue weighted by Gasteiger charge is -2.23. The van der Waals surface area contributed by atoms with Crippen molar-refractivity contribution in [2.45, 2.75) is 52.4 Å². The van der Waals surface area contributed by atoms with Crippen LogP contribution in [0.15, 0.2) is 18.2 Å². The van der Waals surface area contributed by atoms with Crippen molar-refractivity contribution in [3.8, 4) is 0 Å². The van der Waals surface area contributed by atoms with Crippen molar-refractivity contribution in [1.82, 2.24) is 4.90 Å². The van der Waals surface area contributed by atoms with Gasteiger partial charge < -0.3 is 10.6 Å². The van der Waals surface area contributed by atoms with Gasteiger partial charge in [-0.2, -0.15) is 0 Å². The lowest BCUT2D eigenvalue weighted by molar-refractivity contribution is 0.0749. The summed E-state index contributed by atoms with van der Waals surface area (Å²) in [6.45, 7) is 5.97.